The maximum absolute atomic E-state index is 12.3. The first-order valence-corrected chi connectivity index (χ1v) is 8.34. The van der Waals surface area contributed by atoms with Crippen LogP contribution >= 0.6 is 11.6 Å². The standard InChI is InChI=1S/C19H18ClN3O2/c1-23(11-8-14-6-9-21-10-7-14)19(24)13-17-12-18(25-22-17)15-2-4-16(20)5-3-15/h2-7,9-10,12H,8,11,13H2,1H3. The van der Waals surface area contributed by atoms with Crippen molar-refractivity contribution in [3.05, 3.63) is 71.1 Å². The Kier molecular flexibility index (Phi) is 5.46. The fourth-order valence-electron chi connectivity index (χ4n) is 2.41. The molecule has 1 amide bonds. The van der Waals surface area contributed by atoms with E-state index in [1.807, 2.05) is 24.3 Å². The molecule has 0 fully saturated rings. The van der Waals surface area contributed by atoms with E-state index in [2.05, 4.69) is 10.1 Å². The van der Waals surface area contributed by atoms with Crippen LogP contribution < -0.4 is 0 Å². The second-order valence-electron chi connectivity index (χ2n) is 5.79. The van der Waals surface area contributed by atoms with Crippen molar-refractivity contribution in [2.45, 2.75) is 12.8 Å². The maximum atomic E-state index is 12.3. The van der Waals surface area contributed by atoms with E-state index in [1.165, 1.54) is 0 Å². The number of benzene rings is 1. The van der Waals surface area contributed by atoms with Gasteiger partial charge in [-0.1, -0.05) is 16.8 Å². The normalized spacial score (nSPS) is 10.6. The van der Waals surface area contributed by atoms with Crippen molar-refractivity contribution in [2.75, 3.05) is 13.6 Å². The van der Waals surface area contributed by atoms with Crippen LogP contribution in [0.15, 0.2) is 59.4 Å². The summed E-state index contributed by atoms with van der Waals surface area (Å²) in [6.07, 6.45) is 4.51. The molecule has 0 aliphatic rings. The second kappa shape index (κ2) is 7.94. The minimum atomic E-state index is 0.00464. The third-order valence-corrected chi connectivity index (χ3v) is 4.18. The van der Waals surface area contributed by atoms with Gasteiger partial charge in [0.05, 0.1) is 12.1 Å². The largest absolute Gasteiger partial charge is 0.356 e. The Labute approximate surface area is 151 Å². The summed E-state index contributed by atoms with van der Waals surface area (Å²) in [5.74, 6) is 0.629. The average Bonchev–Trinajstić information content (AvgIpc) is 3.09. The van der Waals surface area contributed by atoms with Crippen molar-refractivity contribution >= 4 is 17.5 Å². The van der Waals surface area contributed by atoms with Crippen molar-refractivity contribution in [1.29, 1.82) is 0 Å². The molecule has 0 spiro atoms. The molecule has 0 saturated carbocycles. The molecule has 0 N–H and O–H groups in total. The van der Waals surface area contributed by atoms with Crippen LogP contribution in [0, 0.1) is 0 Å². The van der Waals surface area contributed by atoms with Gasteiger partial charge in [0.2, 0.25) is 5.91 Å². The van der Waals surface area contributed by atoms with E-state index in [9.17, 15) is 4.79 Å². The molecule has 0 unspecified atom stereocenters. The second-order valence-corrected chi connectivity index (χ2v) is 6.22. The number of halogens is 1. The Morgan fingerprint density at radius 1 is 1.16 bits per heavy atom. The zero-order valence-electron chi connectivity index (χ0n) is 13.9. The molecule has 5 nitrogen and oxygen atoms in total. The van der Waals surface area contributed by atoms with Gasteiger partial charge in [0.15, 0.2) is 5.76 Å². The number of likely N-dealkylation sites (N-methyl/N-ethyl adjacent to an activating group) is 1. The summed E-state index contributed by atoms with van der Waals surface area (Å²) in [5.41, 5.74) is 2.65. The highest BCUT2D eigenvalue weighted by Crippen LogP contribution is 2.22. The number of pyridine rings is 1. The maximum Gasteiger partial charge on any atom is 0.228 e. The van der Waals surface area contributed by atoms with Gasteiger partial charge >= 0.3 is 0 Å². The van der Waals surface area contributed by atoms with E-state index >= 15 is 0 Å². The number of carbonyl (C=O) groups is 1. The minimum Gasteiger partial charge on any atom is -0.356 e. The fraction of sp³-hybridized carbons (Fsp3) is 0.211. The van der Waals surface area contributed by atoms with Gasteiger partial charge in [0.1, 0.15) is 0 Å². The number of nitrogens with zero attached hydrogens (tertiary/aromatic N) is 3. The molecule has 0 radical (unpaired) electrons. The lowest BCUT2D eigenvalue weighted by molar-refractivity contribution is -0.129. The van der Waals surface area contributed by atoms with Crippen molar-refractivity contribution in [3.8, 4) is 11.3 Å². The van der Waals surface area contributed by atoms with Crippen molar-refractivity contribution in [2.24, 2.45) is 0 Å². The van der Waals surface area contributed by atoms with Gasteiger partial charge in [-0.05, 0) is 48.4 Å². The number of aromatic nitrogens is 2. The zero-order valence-corrected chi connectivity index (χ0v) is 14.6. The van der Waals surface area contributed by atoms with Gasteiger partial charge in [0.25, 0.3) is 0 Å². The van der Waals surface area contributed by atoms with Crippen molar-refractivity contribution < 1.29 is 9.32 Å². The van der Waals surface area contributed by atoms with E-state index in [-0.39, 0.29) is 12.3 Å². The molecule has 3 rings (SSSR count). The molecule has 2 aromatic heterocycles. The van der Waals surface area contributed by atoms with Crippen LogP contribution in [0.25, 0.3) is 11.3 Å². The summed E-state index contributed by atoms with van der Waals surface area (Å²) in [6.45, 7) is 0.644. The first-order valence-electron chi connectivity index (χ1n) is 7.96. The molecule has 1 aromatic carbocycles. The number of hydrogen-bond donors (Lipinski definition) is 0. The Morgan fingerprint density at radius 2 is 1.88 bits per heavy atom. The summed E-state index contributed by atoms with van der Waals surface area (Å²) < 4.78 is 5.33. The van der Waals surface area contributed by atoms with Gasteiger partial charge in [0, 0.05) is 42.6 Å². The molecule has 25 heavy (non-hydrogen) atoms. The quantitative estimate of drug-likeness (QED) is 0.677. The van der Waals surface area contributed by atoms with Crippen molar-refractivity contribution in [1.82, 2.24) is 15.0 Å². The van der Waals surface area contributed by atoms with Gasteiger partial charge in [-0.2, -0.15) is 0 Å². The molecule has 0 bridgehead atoms. The SMILES string of the molecule is CN(CCc1ccncc1)C(=O)Cc1cc(-c2ccc(Cl)cc2)on1. The number of carbonyl (C=O) groups excluding carboxylic acids is 1. The predicted molar refractivity (Wildman–Crippen MR) is 96.2 cm³/mol. The Hall–Kier alpha value is -2.66. The summed E-state index contributed by atoms with van der Waals surface area (Å²) >= 11 is 5.88. The Morgan fingerprint density at radius 3 is 2.60 bits per heavy atom. The molecule has 6 heteroatoms. The highest BCUT2D eigenvalue weighted by molar-refractivity contribution is 6.30. The topological polar surface area (TPSA) is 59.2 Å². The van der Waals surface area contributed by atoms with E-state index in [0.717, 1.165) is 17.5 Å². The lowest BCUT2D eigenvalue weighted by atomic mass is 10.1. The average molecular weight is 356 g/mol. The van der Waals surface area contributed by atoms with E-state index in [1.54, 1.807) is 42.5 Å². The summed E-state index contributed by atoms with van der Waals surface area (Å²) in [7, 11) is 1.80. The van der Waals surface area contributed by atoms with E-state index in [0.29, 0.717) is 23.0 Å². The molecule has 0 saturated heterocycles. The van der Waals surface area contributed by atoms with Crippen LogP contribution in [0.4, 0.5) is 0 Å². The lowest BCUT2D eigenvalue weighted by Gasteiger charge is -2.16. The third-order valence-electron chi connectivity index (χ3n) is 3.93. The molecule has 0 aliphatic heterocycles. The number of rotatable bonds is 6. The molecule has 3 aromatic rings. The minimum absolute atomic E-state index is 0.00464. The number of amides is 1. The van der Waals surface area contributed by atoms with Crippen LogP contribution in [0.1, 0.15) is 11.3 Å². The van der Waals surface area contributed by atoms with E-state index in [4.69, 9.17) is 16.1 Å². The van der Waals surface area contributed by atoms with Crippen LogP contribution in [-0.4, -0.2) is 34.5 Å². The van der Waals surface area contributed by atoms with Crippen LogP contribution in [0.3, 0.4) is 0 Å². The molecule has 0 aliphatic carbocycles. The molecular weight excluding hydrogens is 338 g/mol. The monoisotopic (exact) mass is 355 g/mol. The highest BCUT2D eigenvalue weighted by atomic mass is 35.5. The molecule has 0 atom stereocenters. The van der Waals surface area contributed by atoms with Crippen LogP contribution in [-0.2, 0) is 17.6 Å². The fourth-order valence-corrected chi connectivity index (χ4v) is 2.53. The summed E-state index contributed by atoms with van der Waals surface area (Å²) in [5, 5.41) is 4.65. The summed E-state index contributed by atoms with van der Waals surface area (Å²) in [6, 6.07) is 13.0. The Balaban J connectivity index is 1.56. The van der Waals surface area contributed by atoms with Gasteiger partial charge in [-0.3, -0.25) is 9.78 Å². The first kappa shape index (κ1) is 17.2. The lowest BCUT2D eigenvalue weighted by Crippen LogP contribution is -2.30. The Bertz CT molecular complexity index is 831. The van der Waals surface area contributed by atoms with Gasteiger partial charge < -0.3 is 9.42 Å². The van der Waals surface area contributed by atoms with Gasteiger partial charge in [-0.15, -0.1) is 0 Å². The van der Waals surface area contributed by atoms with Crippen LogP contribution in [0.5, 0.6) is 0 Å². The van der Waals surface area contributed by atoms with Gasteiger partial charge in [-0.25, -0.2) is 0 Å². The zero-order chi connectivity index (χ0) is 17.6. The molecular formula is C19H18ClN3O2. The summed E-state index contributed by atoms with van der Waals surface area (Å²) in [4.78, 5) is 18.0. The van der Waals surface area contributed by atoms with Crippen molar-refractivity contribution in [3.63, 3.8) is 0 Å². The van der Waals surface area contributed by atoms with E-state index < -0.39 is 0 Å². The smallest absolute Gasteiger partial charge is 0.228 e. The molecule has 2 heterocycles. The number of hydrogen-bond acceptors (Lipinski definition) is 4. The predicted octanol–water partition coefficient (Wildman–Crippen LogP) is 3.63. The molecule has 128 valence electrons. The van der Waals surface area contributed by atoms with Crippen LogP contribution in [0.2, 0.25) is 5.02 Å². The highest BCUT2D eigenvalue weighted by Gasteiger charge is 2.14. The third kappa shape index (κ3) is 4.67. The first-order chi connectivity index (χ1) is 12.1.